The van der Waals surface area contributed by atoms with Crippen molar-refractivity contribution in [3.8, 4) is 22.9 Å². The van der Waals surface area contributed by atoms with Crippen LogP contribution in [0.15, 0.2) is 43.9 Å². The highest BCUT2D eigenvalue weighted by molar-refractivity contribution is 9.11. The van der Waals surface area contributed by atoms with Crippen LogP contribution in [-0.4, -0.2) is 21.3 Å². The Balaban J connectivity index is 1.91. The van der Waals surface area contributed by atoms with Crippen LogP contribution in [0, 0.1) is 0 Å². The van der Waals surface area contributed by atoms with Crippen molar-refractivity contribution in [2.75, 3.05) is 0 Å². The van der Waals surface area contributed by atoms with Gasteiger partial charge in [-0.15, -0.1) is 21.5 Å². The molecule has 0 radical (unpaired) electrons. The van der Waals surface area contributed by atoms with Gasteiger partial charge in [-0.3, -0.25) is 0 Å². The lowest BCUT2D eigenvalue weighted by atomic mass is 10.1. The summed E-state index contributed by atoms with van der Waals surface area (Å²) in [7, 11) is 0. The molecule has 0 bridgehead atoms. The zero-order valence-electron chi connectivity index (χ0n) is 9.91. The SMILES string of the molecule is O=C(O)c1ccc(-c2nnc(-c3csc(Br)c3)o2)cc1. The minimum atomic E-state index is -0.967. The van der Waals surface area contributed by atoms with Crippen molar-refractivity contribution >= 4 is 33.2 Å². The van der Waals surface area contributed by atoms with Crippen LogP contribution in [0.4, 0.5) is 0 Å². The summed E-state index contributed by atoms with van der Waals surface area (Å²) >= 11 is 4.91. The Labute approximate surface area is 126 Å². The van der Waals surface area contributed by atoms with Gasteiger partial charge in [-0.1, -0.05) is 0 Å². The summed E-state index contributed by atoms with van der Waals surface area (Å²) in [6, 6.07) is 8.19. The van der Waals surface area contributed by atoms with Crippen molar-refractivity contribution in [1.82, 2.24) is 10.2 Å². The highest BCUT2D eigenvalue weighted by Gasteiger charge is 2.12. The van der Waals surface area contributed by atoms with Gasteiger partial charge < -0.3 is 9.52 Å². The van der Waals surface area contributed by atoms with E-state index in [4.69, 9.17) is 9.52 Å². The molecule has 0 saturated carbocycles. The molecule has 20 heavy (non-hydrogen) atoms. The van der Waals surface area contributed by atoms with E-state index in [1.165, 1.54) is 23.5 Å². The van der Waals surface area contributed by atoms with Gasteiger partial charge in [0.1, 0.15) is 0 Å². The number of benzene rings is 1. The summed E-state index contributed by atoms with van der Waals surface area (Å²) in [6.45, 7) is 0. The summed E-state index contributed by atoms with van der Waals surface area (Å²) in [5.41, 5.74) is 1.75. The van der Waals surface area contributed by atoms with Crippen LogP contribution >= 0.6 is 27.3 Å². The Kier molecular flexibility index (Phi) is 3.37. The van der Waals surface area contributed by atoms with Gasteiger partial charge in [0.15, 0.2) is 0 Å². The van der Waals surface area contributed by atoms with Gasteiger partial charge in [-0.2, -0.15) is 0 Å². The van der Waals surface area contributed by atoms with E-state index in [1.807, 2.05) is 11.4 Å². The number of hydrogen-bond acceptors (Lipinski definition) is 5. The Morgan fingerprint density at radius 1 is 1.15 bits per heavy atom. The van der Waals surface area contributed by atoms with Crippen LogP contribution in [-0.2, 0) is 0 Å². The third-order valence-corrected chi connectivity index (χ3v) is 4.12. The predicted molar refractivity (Wildman–Crippen MR) is 77.7 cm³/mol. The average molecular weight is 351 g/mol. The van der Waals surface area contributed by atoms with Crippen LogP contribution in [0.3, 0.4) is 0 Å². The maximum atomic E-state index is 10.8. The molecule has 3 aromatic rings. The predicted octanol–water partition coefficient (Wildman–Crippen LogP) is 3.93. The average Bonchev–Trinajstić information content (AvgIpc) is 3.07. The lowest BCUT2D eigenvalue weighted by Crippen LogP contribution is -1.94. The molecule has 2 heterocycles. The minimum Gasteiger partial charge on any atom is -0.478 e. The monoisotopic (exact) mass is 350 g/mol. The standard InChI is InChI=1S/C13H7BrN2O3S/c14-10-5-9(6-20-10)12-16-15-11(19-12)7-1-3-8(4-2-7)13(17)18/h1-6H,(H,17,18). The van der Waals surface area contributed by atoms with Crippen LogP contribution in [0.1, 0.15) is 10.4 Å². The maximum absolute atomic E-state index is 10.8. The zero-order valence-corrected chi connectivity index (χ0v) is 12.3. The number of thiophene rings is 1. The maximum Gasteiger partial charge on any atom is 0.335 e. The second kappa shape index (κ2) is 5.18. The van der Waals surface area contributed by atoms with E-state index < -0.39 is 5.97 Å². The highest BCUT2D eigenvalue weighted by Crippen LogP contribution is 2.30. The summed E-state index contributed by atoms with van der Waals surface area (Å²) in [4.78, 5) is 10.8. The summed E-state index contributed by atoms with van der Waals surface area (Å²) < 4.78 is 6.57. The number of hydrogen-bond donors (Lipinski definition) is 1. The van der Waals surface area contributed by atoms with Crippen LogP contribution in [0.2, 0.25) is 0 Å². The second-order valence-corrected chi connectivity index (χ2v) is 6.22. The lowest BCUT2D eigenvalue weighted by Gasteiger charge is -1.96. The Morgan fingerprint density at radius 3 is 2.35 bits per heavy atom. The third-order valence-electron chi connectivity index (χ3n) is 2.62. The van der Waals surface area contributed by atoms with Crippen LogP contribution in [0.5, 0.6) is 0 Å². The summed E-state index contributed by atoms with van der Waals surface area (Å²) in [6.07, 6.45) is 0. The summed E-state index contributed by atoms with van der Waals surface area (Å²) in [5.74, 6) is -0.172. The molecule has 0 amide bonds. The molecule has 1 aromatic carbocycles. The van der Waals surface area contributed by atoms with Gasteiger partial charge in [0.05, 0.1) is 14.9 Å². The number of carbonyl (C=O) groups is 1. The van der Waals surface area contributed by atoms with E-state index >= 15 is 0 Å². The Bertz CT molecular complexity index is 764. The molecule has 0 aliphatic carbocycles. The highest BCUT2D eigenvalue weighted by atomic mass is 79.9. The molecule has 100 valence electrons. The first-order valence-corrected chi connectivity index (χ1v) is 7.22. The van der Waals surface area contributed by atoms with Crippen molar-refractivity contribution in [1.29, 1.82) is 0 Å². The third kappa shape index (κ3) is 2.50. The van der Waals surface area contributed by atoms with E-state index in [0.717, 1.165) is 9.35 Å². The molecular weight excluding hydrogens is 344 g/mol. The van der Waals surface area contributed by atoms with E-state index in [9.17, 15) is 4.79 Å². The first-order valence-electron chi connectivity index (χ1n) is 5.55. The molecule has 0 spiro atoms. The molecule has 0 saturated heterocycles. The molecule has 0 fully saturated rings. The molecule has 5 nitrogen and oxygen atoms in total. The second-order valence-electron chi connectivity index (χ2n) is 3.93. The molecule has 0 aliphatic rings. The van der Waals surface area contributed by atoms with E-state index in [0.29, 0.717) is 17.3 Å². The van der Waals surface area contributed by atoms with Gasteiger partial charge in [-0.25, -0.2) is 4.79 Å². The first-order chi connectivity index (χ1) is 9.63. The number of rotatable bonds is 3. The number of nitrogens with zero attached hydrogens (tertiary/aromatic N) is 2. The largest absolute Gasteiger partial charge is 0.478 e. The number of aromatic carboxylic acids is 1. The fraction of sp³-hybridized carbons (Fsp3) is 0. The molecule has 2 aromatic heterocycles. The first kappa shape index (κ1) is 13.0. The quantitative estimate of drug-likeness (QED) is 0.774. The van der Waals surface area contributed by atoms with E-state index in [-0.39, 0.29) is 5.56 Å². The molecule has 0 aliphatic heterocycles. The van der Waals surface area contributed by atoms with Crippen molar-refractivity contribution in [2.24, 2.45) is 0 Å². The van der Waals surface area contributed by atoms with Crippen molar-refractivity contribution in [2.45, 2.75) is 0 Å². The smallest absolute Gasteiger partial charge is 0.335 e. The minimum absolute atomic E-state index is 0.218. The number of halogens is 1. The van der Waals surface area contributed by atoms with Crippen molar-refractivity contribution in [3.63, 3.8) is 0 Å². The zero-order chi connectivity index (χ0) is 14.1. The lowest BCUT2D eigenvalue weighted by molar-refractivity contribution is 0.0697. The Morgan fingerprint density at radius 2 is 1.80 bits per heavy atom. The molecule has 3 rings (SSSR count). The number of aromatic nitrogens is 2. The summed E-state index contributed by atoms with van der Waals surface area (Å²) in [5, 5.41) is 18.7. The van der Waals surface area contributed by atoms with Gasteiger partial charge in [0.25, 0.3) is 0 Å². The molecular formula is C13H7BrN2O3S. The Hall–Kier alpha value is -1.99. The van der Waals surface area contributed by atoms with Gasteiger partial charge in [0, 0.05) is 10.9 Å². The molecule has 0 unspecified atom stereocenters. The van der Waals surface area contributed by atoms with Gasteiger partial charge >= 0.3 is 5.97 Å². The molecule has 1 N–H and O–H groups in total. The van der Waals surface area contributed by atoms with Crippen LogP contribution in [0.25, 0.3) is 22.9 Å². The van der Waals surface area contributed by atoms with Crippen molar-refractivity contribution < 1.29 is 14.3 Å². The number of carboxylic acid groups (broad SMARTS) is 1. The topological polar surface area (TPSA) is 76.2 Å². The van der Waals surface area contributed by atoms with E-state index in [1.54, 1.807) is 12.1 Å². The number of carboxylic acids is 1. The fourth-order valence-corrected chi connectivity index (χ4v) is 2.76. The van der Waals surface area contributed by atoms with Gasteiger partial charge in [0.2, 0.25) is 11.8 Å². The molecule has 7 heteroatoms. The normalized spacial score (nSPS) is 10.7. The van der Waals surface area contributed by atoms with Crippen molar-refractivity contribution in [3.05, 3.63) is 45.1 Å². The fourth-order valence-electron chi connectivity index (χ4n) is 1.63. The van der Waals surface area contributed by atoms with Crippen LogP contribution < -0.4 is 0 Å². The molecule has 0 atom stereocenters. The van der Waals surface area contributed by atoms with E-state index in [2.05, 4.69) is 26.1 Å². The van der Waals surface area contributed by atoms with Gasteiger partial charge in [-0.05, 0) is 46.3 Å².